The van der Waals surface area contributed by atoms with E-state index >= 15 is 0 Å². The van der Waals surface area contributed by atoms with Gasteiger partial charge in [-0.15, -0.1) is 0 Å². The standard InChI is InChI=1S/C18H25N3O3/c1-11-8-12(16(23)19-5)6-7-14(11)20-17(24)13-9-15(22)21(10-13)18(2,3)4/h6-8,13H,9-10H2,1-5H3,(H,19,23)(H,20,24). The predicted octanol–water partition coefficient (Wildman–Crippen LogP) is 1.94. The van der Waals surface area contributed by atoms with Gasteiger partial charge < -0.3 is 15.5 Å². The van der Waals surface area contributed by atoms with Crippen molar-refractivity contribution in [3.8, 4) is 0 Å². The van der Waals surface area contributed by atoms with E-state index in [1.165, 1.54) is 0 Å². The number of carbonyl (C=O) groups is 3. The zero-order valence-electron chi connectivity index (χ0n) is 14.9. The van der Waals surface area contributed by atoms with Crippen LogP contribution in [0.25, 0.3) is 0 Å². The molecule has 1 unspecified atom stereocenters. The third-order valence-corrected chi connectivity index (χ3v) is 4.28. The molecule has 1 aromatic carbocycles. The lowest BCUT2D eigenvalue weighted by molar-refractivity contribution is -0.131. The summed E-state index contributed by atoms with van der Waals surface area (Å²) in [4.78, 5) is 38.0. The molecule has 130 valence electrons. The topological polar surface area (TPSA) is 78.5 Å². The quantitative estimate of drug-likeness (QED) is 0.888. The van der Waals surface area contributed by atoms with E-state index < -0.39 is 0 Å². The second-order valence-corrected chi connectivity index (χ2v) is 7.17. The summed E-state index contributed by atoms with van der Waals surface area (Å²) in [6.07, 6.45) is 0.235. The minimum atomic E-state index is -0.352. The number of carbonyl (C=O) groups excluding carboxylic acids is 3. The van der Waals surface area contributed by atoms with Crippen LogP contribution in [0.4, 0.5) is 5.69 Å². The highest BCUT2D eigenvalue weighted by Gasteiger charge is 2.39. The van der Waals surface area contributed by atoms with Gasteiger partial charge in [0.15, 0.2) is 0 Å². The molecule has 1 aromatic rings. The lowest BCUT2D eigenvalue weighted by Crippen LogP contribution is -2.42. The van der Waals surface area contributed by atoms with Gasteiger partial charge >= 0.3 is 0 Å². The molecule has 1 saturated heterocycles. The van der Waals surface area contributed by atoms with E-state index in [1.54, 1.807) is 30.1 Å². The Hall–Kier alpha value is -2.37. The van der Waals surface area contributed by atoms with Crippen LogP contribution in [-0.2, 0) is 9.59 Å². The zero-order valence-corrected chi connectivity index (χ0v) is 14.9. The first kappa shape index (κ1) is 18.0. The third-order valence-electron chi connectivity index (χ3n) is 4.28. The summed E-state index contributed by atoms with van der Waals surface area (Å²) in [5.74, 6) is -0.673. The van der Waals surface area contributed by atoms with Crippen molar-refractivity contribution in [1.29, 1.82) is 0 Å². The fraction of sp³-hybridized carbons (Fsp3) is 0.500. The van der Waals surface area contributed by atoms with Gasteiger partial charge in [-0.1, -0.05) is 0 Å². The van der Waals surface area contributed by atoms with Crippen LogP contribution in [0.1, 0.15) is 43.1 Å². The number of hydrogen-bond acceptors (Lipinski definition) is 3. The lowest BCUT2D eigenvalue weighted by Gasteiger charge is -2.31. The maximum Gasteiger partial charge on any atom is 0.251 e. The van der Waals surface area contributed by atoms with Crippen molar-refractivity contribution >= 4 is 23.4 Å². The van der Waals surface area contributed by atoms with E-state index in [2.05, 4.69) is 10.6 Å². The fourth-order valence-electron chi connectivity index (χ4n) is 2.86. The molecule has 2 N–H and O–H groups in total. The molecular formula is C18H25N3O3. The predicted molar refractivity (Wildman–Crippen MR) is 92.8 cm³/mol. The van der Waals surface area contributed by atoms with Gasteiger partial charge in [-0.05, 0) is 51.5 Å². The monoisotopic (exact) mass is 331 g/mol. The Balaban J connectivity index is 2.08. The first-order valence-electron chi connectivity index (χ1n) is 8.07. The maximum absolute atomic E-state index is 12.5. The number of nitrogens with one attached hydrogen (secondary N) is 2. The van der Waals surface area contributed by atoms with Crippen LogP contribution in [0.3, 0.4) is 0 Å². The molecule has 3 amide bonds. The molecule has 0 aromatic heterocycles. The highest BCUT2D eigenvalue weighted by atomic mass is 16.2. The van der Waals surface area contributed by atoms with Crippen LogP contribution in [0, 0.1) is 12.8 Å². The number of benzene rings is 1. The molecular weight excluding hydrogens is 306 g/mol. The van der Waals surface area contributed by atoms with E-state index in [0.717, 1.165) is 5.56 Å². The average Bonchev–Trinajstić information content (AvgIpc) is 2.90. The van der Waals surface area contributed by atoms with Crippen molar-refractivity contribution in [3.63, 3.8) is 0 Å². The molecule has 0 bridgehead atoms. The van der Waals surface area contributed by atoms with Crippen molar-refractivity contribution in [2.24, 2.45) is 5.92 Å². The van der Waals surface area contributed by atoms with Crippen LogP contribution in [0.15, 0.2) is 18.2 Å². The number of likely N-dealkylation sites (tertiary alicyclic amines) is 1. The van der Waals surface area contributed by atoms with Crippen molar-refractivity contribution < 1.29 is 14.4 Å². The first-order chi connectivity index (χ1) is 11.1. The fourth-order valence-corrected chi connectivity index (χ4v) is 2.86. The van der Waals surface area contributed by atoms with Crippen molar-refractivity contribution in [1.82, 2.24) is 10.2 Å². The Labute approximate surface area is 142 Å². The summed E-state index contributed by atoms with van der Waals surface area (Å²) >= 11 is 0. The van der Waals surface area contributed by atoms with Crippen LogP contribution in [-0.4, -0.2) is 41.8 Å². The Morgan fingerprint density at radius 1 is 1.25 bits per heavy atom. The lowest BCUT2D eigenvalue weighted by atomic mass is 10.1. The molecule has 0 saturated carbocycles. The van der Waals surface area contributed by atoms with Gasteiger partial charge in [0.25, 0.3) is 5.91 Å². The van der Waals surface area contributed by atoms with Gasteiger partial charge in [-0.25, -0.2) is 0 Å². The highest BCUT2D eigenvalue weighted by Crippen LogP contribution is 2.27. The van der Waals surface area contributed by atoms with E-state index in [1.807, 2.05) is 27.7 Å². The summed E-state index contributed by atoms with van der Waals surface area (Å²) in [6, 6.07) is 5.12. The Bertz CT molecular complexity index is 677. The van der Waals surface area contributed by atoms with Gasteiger partial charge in [0, 0.05) is 36.8 Å². The Morgan fingerprint density at radius 2 is 1.92 bits per heavy atom. The Morgan fingerprint density at radius 3 is 2.42 bits per heavy atom. The Kier molecular flexibility index (Phi) is 4.96. The summed E-state index contributed by atoms with van der Waals surface area (Å²) in [5.41, 5.74) is 1.73. The molecule has 2 rings (SSSR count). The highest BCUT2D eigenvalue weighted by molar-refractivity contribution is 5.99. The number of aryl methyl sites for hydroxylation is 1. The molecule has 1 aliphatic rings. The minimum Gasteiger partial charge on any atom is -0.355 e. The van der Waals surface area contributed by atoms with Crippen LogP contribution in [0.2, 0.25) is 0 Å². The molecule has 0 spiro atoms. The van der Waals surface area contributed by atoms with Gasteiger partial charge in [0.2, 0.25) is 11.8 Å². The molecule has 1 heterocycles. The molecule has 6 nitrogen and oxygen atoms in total. The van der Waals surface area contributed by atoms with Crippen LogP contribution < -0.4 is 10.6 Å². The van der Waals surface area contributed by atoms with Gasteiger partial charge in [-0.2, -0.15) is 0 Å². The number of rotatable bonds is 3. The normalized spacial score (nSPS) is 17.8. The smallest absolute Gasteiger partial charge is 0.251 e. The number of hydrogen-bond donors (Lipinski definition) is 2. The number of nitrogens with zero attached hydrogens (tertiary/aromatic N) is 1. The molecule has 1 atom stereocenters. The second kappa shape index (κ2) is 6.63. The van der Waals surface area contributed by atoms with E-state index in [9.17, 15) is 14.4 Å². The SMILES string of the molecule is CNC(=O)c1ccc(NC(=O)C2CC(=O)N(C(C)(C)C)C2)c(C)c1. The number of amides is 3. The van der Waals surface area contributed by atoms with E-state index in [-0.39, 0.29) is 35.6 Å². The van der Waals surface area contributed by atoms with Crippen LogP contribution >= 0.6 is 0 Å². The molecule has 24 heavy (non-hydrogen) atoms. The van der Waals surface area contributed by atoms with Gasteiger partial charge in [-0.3, -0.25) is 14.4 Å². The zero-order chi connectivity index (χ0) is 18.1. The summed E-state index contributed by atoms with van der Waals surface area (Å²) in [5, 5.41) is 5.45. The van der Waals surface area contributed by atoms with Crippen molar-refractivity contribution in [2.45, 2.75) is 39.7 Å². The summed E-state index contributed by atoms with van der Waals surface area (Å²) in [6.45, 7) is 8.17. The van der Waals surface area contributed by atoms with Gasteiger partial charge in [0.1, 0.15) is 0 Å². The maximum atomic E-state index is 12.5. The largest absolute Gasteiger partial charge is 0.355 e. The minimum absolute atomic E-state index is 0.00865. The molecule has 1 fully saturated rings. The van der Waals surface area contributed by atoms with Gasteiger partial charge in [0.05, 0.1) is 5.92 Å². The van der Waals surface area contributed by atoms with E-state index in [4.69, 9.17) is 0 Å². The molecule has 0 aliphatic carbocycles. The molecule has 0 radical (unpaired) electrons. The van der Waals surface area contributed by atoms with Crippen LogP contribution in [0.5, 0.6) is 0 Å². The van der Waals surface area contributed by atoms with Crippen molar-refractivity contribution in [3.05, 3.63) is 29.3 Å². The summed E-state index contributed by atoms with van der Waals surface area (Å²) in [7, 11) is 1.57. The number of anilines is 1. The van der Waals surface area contributed by atoms with E-state index in [0.29, 0.717) is 17.8 Å². The third kappa shape index (κ3) is 3.75. The summed E-state index contributed by atoms with van der Waals surface area (Å²) < 4.78 is 0. The molecule has 1 aliphatic heterocycles. The average molecular weight is 331 g/mol. The molecule has 6 heteroatoms. The van der Waals surface area contributed by atoms with Crippen molar-refractivity contribution in [2.75, 3.05) is 18.9 Å². The first-order valence-corrected chi connectivity index (χ1v) is 8.07. The second-order valence-electron chi connectivity index (χ2n) is 7.17.